The molecule has 0 saturated carbocycles. The quantitative estimate of drug-likeness (QED) is 0.606. The highest BCUT2D eigenvalue weighted by Crippen LogP contribution is 2.16. The second-order valence-corrected chi connectivity index (χ2v) is 5.24. The number of hydrogen-bond acceptors (Lipinski definition) is 3. The van der Waals surface area contributed by atoms with Crippen LogP contribution < -0.4 is 10.5 Å². The highest BCUT2D eigenvalue weighted by Gasteiger charge is 2.16. The summed E-state index contributed by atoms with van der Waals surface area (Å²) in [6.45, 7) is 3.35. The SMILES string of the molecule is C#CC(C)NS(=O)(=O)c1ccc(N)c(C)c1. The van der Waals surface area contributed by atoms with Gasteiger partial charge in [-0.1, -0.05) is 5.92 Å². The van der Waals surface area contributed by atoms with Crippen LogP contribution in [0.1, 0.15) is 12.5 Å². The van der Waals surface area contributed by atoms with E-state index in [9.17, 15) is 8.42 Å². The second kappa shape index (κ2) is 4.56. The molecule has 1 atom stereocenters. The molecule has 86 valence electrons. The monoisotopic (exact) mass is 238 g/mol. The maximum Gasteiger partial charge on any atom is 0.241 e. The van der Waals surface area contributed by atoms with Crippen LogP contribution in [0.2, 0.25) is 0 Å². The molecular formula is C11H14N2O2S. The Morgan fingerprint density at radius 1 is 1.50 bits per heavy atom. The molecule has 0 aromatic heterocycles. The predicted octanol–water partition coefficient (Wildman–Crippen LogP) is 0.877. The Balaban J connectivity index is 3.09. The molecule has 0 saturated heterocycles. The van der Waals surface area contributed by atoms with E-state index in [1.165, 1.54) is 12.1 Å². The first-order chi connectivity index (χ1) is 7.36. The zero-order chi connectivity index (χ0) is 12.3. The summed E-state index contributed by atoms with van der Waals surface area (Å²) in [6, 6.07) is 3.99. The maximum absolute atomic E-state index is 11.8. The molecular weight excluding hydrogens is 224 g/mol. The molecule has 0 aliphatic carbocycles. The first-order valence-corrected chi connectivity index (χ1v) is 6.19. The molecule has 1 aromatic carbocycles. The molecule has 1 aromatic rings. The van der Waals surface area contributed by atoms with Crippen molar-refractivity contribution in [3.8, 4) is 12.3 Å². The van der Waals surface area contributed by atoms with E-state index in [1.54, 1.807) is 19.9 Å². The van der Waals surface area contributed by atoms with Gasteiger partial charge in [0.2, 0.25) is 10.0 Å². The summed E-state index contributed by atoms with van der Waals surface area (Å²) in [5, 5.41) is 0. The van der Waals surface area contributed by atoms with Gasteiger partial charge in [0, 0.05) is 5.69 Å². The van der Waals surface area contributed by atoms with Crippen molar-refractivity contribution in [2.45, 2.75) is 24.8 Å². The van der Waals surface area contributed by atoms with Gasteiger partial charge in [-0.25, -0.2) is 8.42 Å². The van der Waals surface area contributed by atoms with Crippen molar-refractivity contribution in [2.75, 3.05) is 5.73 Å². The Labute approximate surface area is 95.9 Å². The van der Waals surface area contributed by atoms with E-state index in [1.807, 2.05) is 0 Å². The Morgan fingerprint density at radius 2 is 2.12 bits per heavy atom. The smallest absolute Gasteiger partial charge is 0.241 e. The van der Waals surface area contributed by atoms with Crippen molar-refractivity contribution in [1.29, 1.82) is 0 Å². The van der Waals surface area contributed by atoms with Gasteiger partial charge in [-0.05, 0) is 37.6 Å². The lowest BCUT2D eigenvalue weighted by Crippen LogP contribution is -2.31. The summed E-state index contributed by atoms with van der Waals surface area (Å²) in [4.78, 5) is 0.168. The Hall–Kier alpha value is -1.51. The van der Waals surface area contributed by atoms with Crippen LogP contribution in [-0.2, 0) is 10.0 Å². The van der Waals surface area contributed by atoms with Crippen LogP contribution in [0.3, 0.4) is 0 Å². The number of aryl methyl sites for hydroxylation is 1. The average molecular weight is 238 g/mol. The molecule has 1 rings (SSSR count). The molecule has 0 aliphatic rings. The number of nitrogens with one attached hydrogen (secondary N) is 1. The lowest BCUT2D eigenvalue weighted by atomic mass is 10.2. The predicted molar refractivity (Wildman–Crippen MR) is 64.2 cm³/mol. The van der Waals surface area contributed by atoms with E-state index < -0.39 is 16.1 Å². The highest BCUT2D eigenvalue weighted by molar-refractivity contribution is 7.89. The van der Waals surface area contributed by atoms with E-state index in [0.717, 1.165) is 5.56 Å². The van der Waals surface area contributed by atoms with Crippen molar-refractivity contribution in [3.63, 3.8) is 0 Å². The molecule has 0 fully saturated rings. The van der Waals surface area contributed by atoms with Crippen molar-refractivity contribution >= 4 is 15.7 Å². The molecule has 0 radical (unpaired) electrons. The van der Waals surface area contributed by atoms with E-state index in [2.05, 4.69) is 10.6 Å². The number of sulfonamides is 1. The van der Waals surface area contributed by atoms with Crippen molar-refractivity contribution in [1.82, 2.24) is 4.72 Å². The number of rotatable bonds is 3. The standard InChI is InChI=1S/C11H14N2O2S/c1-4-9(3)13-16(14,15)10-5-6-11(12)8(2)7-10/h1,5-7,9,13H,12H2,2-3H3. The maximum atomic E-state index is 11.8. The minimum atomic E-state index is -3.56. The summed E-state index contributed by atoms with van der Waals surface area (Å²) in [7, 11) is -3.56. The summed E-state index contributed by atoms with van der Waals surface area (Å²) in [5.41, 5.74) is 6.89. The largest absolute Gasteiger partial charge is 0.399 e. The van der Waals surface area contributed by atoms with Crippen LogP contribution in [0, 0.1) is 19.3 Å². The number of hydrogen-bond donors (Lipinski definition) is 2. The number of nitrogen functional groups attached to an aromatic ring is 1. The fraction of sp³-hybridized carbons (Fsp3) is 0.273. The lowest BCUT2D eigenvalue weighted by Gasteiger charge is -2.10. The van der Waals surface area contributed by atoms with Gasteiger partial charge in [0.1, 0.15) is 0 Å². The van der Waals surface area contributed by atoms with Crippen molar-refractivity contribution in [3.05, 3.63) is 23.8 Å². The Bertz CT molecular complexity index is 529. The van der Waals surface area contributed by atoms with E-state index in [0.29, 0.717) is 5.69 Å². The number of benzene rings is 1. The molecule has 4 nitrogen and oxygen atoms in total. The normalized spacial score (nSPS) is 13.1. The van der Waals surface area contributed by atoms with Gasteiger partial charge in [-0.15, -0.1) is 6.42 Å². The number of nitrogens with two attached hydrogens (primary N) is 1. The molecule has 0 aliphatic heterocycles. The van der Waals surface area contributed by atoms with Gasteiger partial charge < -0.3 is 5.73 Å². The van der Waals surface area contributed by atoms with Gasteiger partial charge in [0.15, 0.2) is 0 Å². The van der Waals surface area contributed by atoms with Gasteiger partial charge in [-0.2, -0.15) is 4.72 Å². The average Bonchev–Trinajstić information content (AvgIpc) is 2.21. The summed E-state index contributed by atoms with van der Waals surface area (Å²) < 4.78 is 26.0. The Kier molecular flexibility index (Phi) is 3.58. The van der Waals surface area contributed by atoms with Crippen molar-refractivity contribution in [2.24, 2.45) is 0 Å². The van der Waals surface area contributed by atoms with E-state index >= 15 is 0 Å². The molecule has 16 heavy (non-hydrogen) atoms. The van der Waals surface area contributed by atoms with Crippen LogP contribution >= 0.6 is 0 Å². The first kappa shape index (κ1) is 12.6. The van der Waals surface area contributed by atoms with Crippen molar-refractivity contribution < 1.29 is 8.42 Å². The van der Waals surface area contributed by atoms with Gasteiger partial charge in [0.25, 0.3) is 0 Å². The van der Waals surface area contributed by atoms with Gasteiger partial charge in [0.05, 0.1) is 10.9 Å². The summed E-state index contributed by atoms with van der Waals surface area (Å²) >= 11 is 0. The van der Waals surface area contributed by atoms with Gasteiger partial charge in [-0.3, -0.25) is 0 Å². The summed E-state index contributed by atoms with van der Waals surface area (Å²) in [6.07, 6.45) is 5.11. The zero-order valence-electron chi connectivity index (χ0n) is 9.19. The van der Waals surface area contributed by atoms with Crippen LogP contribution in [0.4, 0.5) is 5.69 Å². The summed E-state index contributed by atoms with van der Waals surface area (Å²) in [5.74, 6) is 2.30. The minimum absolute atomic E-state index is 0.168. The molecule has 1 unspecified atom stereocenters. The number of anilines is 1. The van der Waals surface area contributed by atoms with Crippen LogP contribution in [0.5, 0.6) is 0 Å². The fourth-order valence-corrected chi connectivity index (χ4v) is 2.40. The first-order valence-electron chi connectivity index (χ1n) is 4.71. The highest BCUT2D eigenvalue weighted by atomic mass is 32.2. The third kappa shape index (κ3) is 2.75. The lowest BCUT2D eigenvalue weighted by molar-refractivity contribution is 0.577. The molecule has 0 bridgehead atoms. The molecule has 3 N–H and O–H groups in total. The minimum Gasteiger partial charge on any atom is -0.399 e. The third-order valence-corrected chi connectivity index (χ3v) is 3.67. The Morgan fingerprint density at radius 3 is 2.62 bits per heavy atom. The van der Waals surface area contributed by atoms with E-state index in [-0.39, 0.29) is 4.90 Å². The van der Waals surface area contributed by atoms with E-state index in [4.69, 9.17) is 12.2 Å². The van der Waals surface area contributed by atoms with Crippen LogP contribution in [0.15, 0.2) is 23.1 Å². The fourth-order valence-electron chi connectivity index (χ4n) is 1.15. The third-order valence-electron chi connectivity index (χ3n) is 2.13. The molecule has 5 heteroatoms. The molecule has 0 spiro atoms. The van der Waals surface area contributed by atoms with Gasteiger partial charge >= 0.3 is 0 Å². The second-order valence-electron chi connectivity index (χ2n) is 3.53. The van der Waals surface area contributed by atoms with Crippen LogP contribution in [-0.4, -0.2) is 14.5 Å². The zero-order valence-corrected chi connectivity index (χ0v) is 10.0. The molecule has 0 amide bonds. The van der Waals surface area contributed by atoms with Crippen LogP contribution in [0.25, 0.3) is 0 Å². The molecule has 0 heterocycles. The topological polar surface area (TPSA) is 72.2 Å². The number of terminal acetylenes is 1.